The molecule has 0 N–H and O–H groups in total. The quantitative estimate of drug-likeness (QED) is 0.533. The molecule has 4 rings (SSSR count). The van der Waals surface area contributed by atoms with E-state index in [9.17, 15) is 4.79 Å². The smallest absolute Gasteiger partial charge is 0.251 e. The molecule has 1 heterocycles. The Bertz CT molecular complexity index is 1060. The maximum Gasteiger partial charge on any atom is 0.251 e. The Kier molecular flexibility index (Phi) is 5.57. The van der Waals surface area contributed by atoms with Crippen LogP contribution in [0.4, 0.5) is 5.69 Å². The molecule has 0 aliphatic carbocycles. The minimum Gasteiger partial charge on any atom is -0.489 e. The van der Waals surface area contributed by atoms with Crippen LogP contribution in [-0.2, 0) is 11.4 Å². The lowest BCUT2D eigenvalue weighted by atomic mass is 10.0. The molecule has 0 saturated carbocycles. The number of anilines is 1. The standard InChI is InChI=1S/C26H25NO3/c1-26(2)19-27(23-13-6-7-14-24(23)30-26)25(28)16-15-20-11-8-12-22(17-20)29-18-21-9-4-3-5-10-21/h3-17H,18-19H2,1-2H3/b16-15+. The van der Waals surface area contributed by atoms with Gasteiger partial charge in [0.1, 0.15) is 23.7 Å². The van der Waals surface area contributed by atoms with Crippen molar-refractivity contribution in [3.05, 3.63) is 96.1 Å². The number of benzene rings is 3. The van der Waals surface area contributed by atoms with Crippen molar-refractivity contribution in [2.45, 2.75) is 26.1 Å². The molecule has 3 aromatic rings. The number of carbonyl (C=O) groups is 1. The van der Waals surface area contributed by atoms with Crippen LogP contribution in [0.3, 0.4) is 0 Å². The number of ether oxygens (including phenoxy) is 2. The van der Waals surface area contributed by atoms with Crippen molar-refractivity contribution in [2.24, 2.45) is 0 Å². The summed E-state index contributed by atoms with van der Waals surface area (Å²) in [6.07, 6.45) is 3.43. The molecule has 1 amide bonds. The second kappa shape index (κ2) is 8.46. The van der Waals surface area contributed by atoms with Crippen LogP contribution < -0.4 is 14.4 Å². The maximum absolute atomic E-state index is 13.0. The van der Waals surface area contributed by atoms with Gasteiger partial charge in [-0.25, -0.2) is 0 Å². The Balaban J connectivity index is 1.47. The first kappa shape index (κ1) is 19.8. The van der Waals surface area contributed by atoms with Gasteiger partial charge >= 0.3 is 0 Å². The van der Waals surface area contributed by atoms with Gasteiger partial charge in [0.15, 0.2) is 0 Å². The Morgan fingerprint density at radius 3 is 2.63 bits per heavy atom. The van der Waals surface area contributed by atoms with Crippen LogP contribution in [0.1, 0.15) is 25.0 Å². The second-order valence-corrected chi connectivity index (χ2v) is 7.93. The number of hydrogen-bond donors (Lipinski definition) is 0. The van der Waals surface area contributed by atoms with Crippen LogP contribution in [-0.4, -0.2) is 18.1 Å². The van der Waals surface area contributed by atoms with Gasteiger partial charge in [-0.3, -0.25) is 4.79 Å². The highest BCUT2D eigenvalue weighted by atomic mass is 16.5. The lowest BCUT2D eigenvalue weighted by molar-refractivity contribution is -0.115. The van der Waals surface area contributed by atoms with E-state index >= 15 is 0 Å². The van der Waals surface area contributed by atoms with Gasteiger partial charge in [0.05, 0.1) is 12.2 Å². The van der Waals surface area contributed by atoms with Gasteiger partial charge in [0, 0.05) is 6.08 Å². The lowest BCUT2D eigenvalue weighted by Crippen LogP contribution is -2.48. The fourth-order valence-corrected chi connectivity index (χ4v) is 3.47. The molecular weight excluding hydrogens is 374 g/mol. The summed E-state index contributed by atoms with van der Waals surface area (Å²) >= 11 is 0. The van der Waals surface area contributed by atoms with Gasteiger partial charge < -0.3 is 14.4 Å². The van der Waals surface area contributed by atoms with Gasteiger partial charge in [-0.2, -0.15) is 0 Å². The molecule has 3 aromatic carbocycles. The van der Waals surface area contributed by atoms with Crippen molar-refractivity contribution < 1.29 is 14.3 Å². The van der Waals surface area contributed by atoms with E-state index in [1.807, 2.05) is 98.8 Å². The first-order chi connectivity index (χ1) is 14.5. The van der Waals surface area contributed by atoms with Crippen LogP contribution in [0.2, 0.25) is 0 Å². The molecule has 4 heteroatoms. The van der Waals surface area contributed by atoms with E-state index in [4.69, 9.17) is 9.47 Å². The molecule has 4 nitrogen and oxygen atoms in total. The number of carbonyl (C=O) groups excluding carboxylic acids is 1. The molecule has 1 aliphatic heterocycles. The van der Waals surface area contributed by atoms with Gasteiger partial charge in [0.2, 0.25) is 0 Å². The number of fused-ring (bicyclic) bond motifs is 1. The van der Waals surface area contributed by atoms with E-state index in [1.165, 1.54) is 0 Å². The molecule has 0 spiro atoms. The Hall–Kier alpha value is -3.53. The third kappa shape index (κ3) is 4.71. The Labute approximate surface area is 177 Å². The third-order valence-electron chi connectivity index (χ3n) is 4.87. The number of nitrogens with zero attached hydrogens (tertiary/aromatic N) is 1. The summed E-state index contributed by atoms with van der Waals surface area (Å²) in [5, 5.41) is 0. The van der Waals surface area contributed by atoms with Crippen molar-refractivity contribution in [3.63, 3.8) is 0 Å². The molecule has 0 saturated heterocycles. The third-order valence-corrected chi connectivity index (χ3v) is 4.87. The Morgan fingerprint density at radius 1 is 1.03 bits per heavy atom. The van der Waals surface area contributed by atoms with Crippen LogP contribution in [0, 0.1) is 0 Å². The van der Waals surface area contributed by atoms with Crippen LogP contribution in [0.25, 0.3) is 6.08 Å². The Morgan fingerprint density at radius 2 is 1.80 bits per heavy atom. The molecule has 1 aliphatic rings. The number of para-hydroxylation sites is 2. The van der Waals surface area contributed by atoms with Crippen LogP contribution >= 0.6 is 0 Å². The van der Waals surface area contributed by atoms with Crippen molar-refractivity contribution in [2.75, 3.05) is 11.4 Å². The molecule has 0 aromatic heterocycles. The summed E-state index contributed by atoms with van der Waals surface area (Å²) in [6, 6.07) is 25.4. The largest absolute Gasteiger partial charge is 0.489 e. The molecule has 0 bridgehead atoms. The van der Waals surface area contributed by atoms with E-state index in [1.54, 1.807) is 11.0 Å². The van der Waals surface area contributed by atoms with Crippen molar-refractivity contribution in [1.82, 2.24) is 0 Å². The van der Waals surface area contributed by atoms with Crippen molar-refractivity contribution in [1.29, 1.82) is 0 Å². The first-order valence-corrected chi connectivity index (χ1v) is 10.0. The van der Waals surface area contributed by atoms with Gasteiger partial charge in [0.25, 0.3) is 5.91 Å². The summed E-state index contributed by atoms with van der Waals surface area (Å²) in [6.45, 7) is 4.97. The summed E-state index contributed by atoms with van der Waals surface area (Å²) in [4.78, 5) is 14.7. The van der Waals surface area contributed by atoms with Gasteiger partial charge in [-0.15, -0.1) is 0 Å². The predicted octanol–water partition coefficient (Wildman–Crippen LogP) is 5.48. The average Bonchev–Trinajstić information content (AvgIpc) is 2.76. The number of hydrogen-bond acceptors (Lipinski definition) is 3. The summed E-state index contributed by atoms with van der Waals surface area (Å²) in [7, 11) is 0. The maximum atomic E-state index is 13.0. The molecule has 0 unspecified atom stereocenters. The first-order valence-electron chi connectivity index (χ1n) is 10.0. The molecule has 0 fully saturated rings. The van der Waals surface area contributed by atoms with E-state index < -0.39 is 5.60 Å². The highest BCUT2D eigenvalue weighted by Gasteiger charge is 2.33. The van der Waals surface area contributed by atoms with Crippen molar-refractivity contribution >= 4 is 17.7 Å². The molecule has 152 valence electrons. The fourth-order valence-electron chi connectivity index (χ4n) is 3.47. The summed E-state index contributed by atoms with van der Waals surface area (Å²) < 4.78 is 11.9. The SMILES string of the molecule is CC1(C)CN(C(=O)/C=C/c2cccc(OCc3ccccc3)c2)c2ccccc2O1. The molecular formula is C26H25NO3. The number of rotatable bonds is 5. The van der Waals surface area contributed by atoms with E-state index in [2.05, 4.69) is 0 Å². The zero-order chi connectivity index (χ0) is 21.0. The lowest BCUT2D eigenvalue weighted by Gasteiger charge is -2.39. The van der Waals surface area contributed by atoms with Crippen molar-refractivity contribution in [3.8, 4) is 11.5 Å². The highest BCUT2D eigenvalue weighted by molar-refractivity contribution is 6.05. The fraction of sp³-hybridized carbons (Fsp3) is 0.192. The second-order valence-electron chi connectivity index (χ2n) is 7.93. The molecule has 30 heavy (non-hydrogen) atoms. The van der Waals surface area contributed by atoms with Crippen LogP contribution in [0.15, 0.2) is 84.9 Å². The minimum atomic E-state index is -0.441. The average molecular weight is 399 g/mol. The summed E-state index contributed by atoms with van der Waals surface area (Å²) in [5.41, 5.74) is 2.38. The molecule has 0 radical (unpaired) electrons. The summed E-state index contributed by atoms with van der Waals surface area (Å²) in [5.74, 6) is 1.42. The highest BCUT2D eigenvalue weighted by Crippen LogP contribution is 2.36. The minimum absolute atomic E-state index is 0.0746. The molecule has 0 atom stereocenters. The zero-order valence-corrected chi connectivity index (χ0v) is 17.2. The normalized spacial score (nSPS) is 14.8. The predicted molar refractivity (Wildman–Crippen MR) is 120 cm³/mol. The van der Waals surface area contributed by atoms with E-state index in [0.29, 0.717) is 13.2 Å². The monoisotopic (exact) mass is 399 g/mol. The number of amides is 1. The van der Waals surface area contributed by atoms with Gasteiger partial charge in [-0.1, -0.05) is 54.6 Å². The van der Waals surface area contributed by atoms with E-state index in [0.717, 1.165) is 28.3 Å². The topological polar surface area (TPSA) is 38.8 Å². The van der Waals surface area contributed by atoms with Gasteiger partial charge in [-0.05, 0) is 55.3 Å². The van der Waals surface area contributed by atoms with E-state index in [-0.39, 0.29) is 5.91 Å². The van der Waals surface area contributed by atoms with Crippen LogP contribution in [0.5, 0.6) is 11.5 Å². The zero-order valence-electron chi connectivity index (χ0n) is 17.2.